The van der Waals surface area contributed by atoms with Gasteiger partial charge in [0.15, 0.2) is 0 Å². The molecular weight excluding hydrogens is 504 g/mol. The highest BCUT2D eigenvalue weighted by Gasteiger charge is 2.53. The highest BCUT2D eigenvalue weighted by atomic mass is 32.2. The van der Waals surface area contributed by atoms with Crippen LogP contribution in [0.5, 0.6) is 0 Å². The molecule has 0 radical (unpaired) electrons. The predicted octanol–water partition coefficient (Wildman–Crippen LogP) is -0.356. The Morgan fingerprint density at radius 1 is 0.886 bits per heavy atom. The number of nitrogens with zero attached hydrogens (tertiary/aromatic N) is 8. The van der Waals surface area contributed by atoms with E-state index in [9.17, 15) is 19.2 Å². The summed E-state index contributed by atoms with van der Waals surface area (Å²) < 4.78 is 10.2. The number of fused-ring (bicyclic) bond motifs is 2. The van der Waals surface area contributed by atoms with Gasteiger partial charge >= 0.3 is 11.9 Å². The fourth-order valence-corrected chi connectivity index (χ4v) is 6.45. The van der Waals surface area contributed by atoms with Crippen LogP contribution in [0.15, 0.2) is 32.8 Å². The Labute approximate surface area is 205 Å². The summed E-state index contributed by atoms with van der Waals surface area (Å²) in [6.07, 6.45) is 0. The molecule has 4 heterocycles. The van der Waals surface area contributed by atoms with Crippen LogP contribution in [0.1, 0.15) is 0 Å². The Balaban J connectivity index is 1.47. The molecule has 4 N–H and O–H groups in total. The van der Waals surface area contributed by atoms with Crippen LogP contribution in [0.2, 0.25) is 0 Å². The number of hydrogen-bond donors (Lipinski definition) is 2. The van der Waals surface area contributed by atoms with Gasteiger partial charge in [0.2, 0.25) is 18.6 Å². The van der Waals surface area contributed by atoms with Gasteiger partial charge in [0.25, 0.3) is 0 Å². The molecule has 0 aromatic rings. The van der Waals surface area contributed by atoms with Crippen molar-refractivity contribution >= 4 is 47.3 Å². The van der Waals surface area contributed by atoms with E-state index in [1.165, 1.54) is 33.3 Å². The summed E-state index contributed by atoms with van der Waals surface area (Å²) >= 11 is 2.64. The van der Waals surface area contributed by atoms with Gasteiger partial charge in [-0.1, -0.05) is 10.2 Å². The topological polar surface area (TPSA) is 243 Å². The Bertz CT molecular complexity index is 1070. The van der Waals surface area contributed by atoms with Crippen LogP contribution in [0, 0.1) is 0 Å². The van der Waals surface area contributed by atoms with Crippen LogP contribution in [-0.2, 0) is 28.7 Å². The Kier molecular flexibility index (Phi) is 7.11. The minimum absolute atomic E-state index is 0.106. The predicted molar refractivity (Wildman–Crippen MR) is 121 cm³/mol. The normalized spacial score (nSPS) is 27.0. The van der Waals surface area contributed by atoms with Crippen LogP contribution in [-0.4, -0.2) is 87.8 Å². The summed E-state index contributed by atoms with van der Waals surface area (Å²) in [5, 5.41) is 5.97. The fourth-order valence-electron chi connectivity index (χ4n) is 3.89. The zero-order chi connectivity index (χ0) is 25.3. The molecule has 0 unspecified atom stereocenters. The van der Waals surface area contributed by atoms with Crippen molar-refractivity contribution in [1.29, 1.82) is 0 Å². The van der Waals surface area contributed by atoms with Crippen LogP contribution >= 0.6 is 23.5 Å². The minimum Gasteiger partial charge on any atom is -0.423 e. The van der Waals surface area contributed by atoms with E-state index < -0.39 is 53.4 Å². The number of azide groups is 2. The van der Waals surface area contributed by atoms with Crippen molar-refractivity contribution in [3.8, 4) is 0 Å². The van der Waals surface area contributed by atoms with Gasteiger partial charge in [-0.25, -0.2) is 9.59 Å². The van der Waals surface area contributed by atoms with Crippen molar-refractivity contribution in [3.05, 3.63) is 43.4 Å². The summed E-state index contributed by atoms with van der Waals surface area (Å²) in [6, 6.07) is -1.55. The molecule has 0 aromatic heterocycles. The van der Waals surface area contributed by atoms with Gasteiger partial charge < -0.3 is 20.9 Å². The summed E-state index contributed by atoms with van der Waals surface area (Å²) in [7, 11) is 0. The molecular formula is C17H18N10O6S2. The second kappa shape index (κ2) is 10.1. The zero-order valence-corrected chi connectivity index (χ0v) is 19.5. The van der Waals surface area contributed by atoms with E-state index in [1.807, 2.05) is 0 Å². The average Bonchev–Trinajstić information content (AvgIpc) is 2.88. The van der Waals surface area contributed by atoms with Gasteiger partial charge in [-0.05, 0) is 22.2 Å². The van der Waals surface area contributed by atoms with Crippen molar-refractivity contribution in [2.75, 3.05) is 31.4 Å². The Morgan fingerprint density at radius 3 is 1.66 bits per heavy atom. The molecule has 35 heavy (non-hydrogen) atoms. The van der Waals surface area contributed by atoms with Crippen molar-refractivity contribution in [2.45, 2.75) is 22.8 Å². The van der Waals surface area contributed by atoms with Gasteiger partial charge in [0.1, 0.15) is 34.2 Å². The lowest BCUT2D eigenvalue weighted by molar-refractivity contribution is -0.168. The summed E-state index contributed by atoms with van der Waals surface area (Å²) in [5.41, 5.74) is 29.3. The molecule has 4 rings (SSSR count). The van der Waals surface area contributed by atoms with Crippen molar-refractivity contribution in [2.24, 2.45) is 21.7 Å². The van der Waals surface area contributed by atoms with E-state index >= 15 is 0 Å². The maximum atomic E-state index is 12.8. The molecule has 4 atom stereocenters. The smallest absolute Gasteiger partial charge is 0.357 e. The highest BCUT2D eigenvalue weighted by molar-refractivity contribution is 8.00. The molecule has 2 amide bonds. The first-order chi connectivity index (χ1) is 16.8. The molecule has 0 aromatic carbocycles. The fraction of sp³-hybridized carbons (Fsp3) is 0.529. The number of nitrogens with two attached hydrogens (primary N) is 2. The Morgan fingerprint density at radius 2 is 1.29 bits per heavy atom. The quantitative estimate of drug-likeness (QED) is 0.105. The van der Waals surface area contributed by atoms with E-state index in [0.717, 1.165) is 0 Å². The van der Waals surface area contributed by atoms with Crippen LogP contribution in [0.3, 0.4) is 0 Å². The monoisotopic (exact) mass is 522 g/mol. The number of thioether (sulfide) groups is 2. The van der Waals surface area contributed by atoms with E-state index in [2.05, 4.69) is 20.1 Å². The molecule has 0 spiro atoms. The van der Waals surface area contributed by atoms with Crippen LogP contribution in [0.4, 0.5) is 0 Å². The molecule has 2 saturated heterocycles. The maximum Gasteiger partial charge on any atom is 0.357 e. The molecule has 0 aliphatic carbocycles. The van der Waals surface area contributed by atoms with Crippen molar-refractivity contribution in [1.82, 2.24) is 9.80 Å². The van der Waals surface area contributed by atoms with Gasteiger partial charge in [0.05, 0.1) is 13.1 Å². The summed E-state index contributed by atoms with van der Waals surface area (Å²) in [4.78, 5) is 57.8. The third-order valence-electron chi connectivity index (χ3n) is 5.59. The number of β-lactam (4-membered cyclic amide) rings is 2. The molecule has 16 nitrogen and oxygen atoms in total. The lowest BCUT2D eigenvalue weighted by atomic mass is 10.0. The number of ether oxygens (including phenoxy) is 2. The molecule has 18 heteroatoms. The first kappa shape index (κ1) is 24.7. The summed E-state index contributed by atoms with van der Waals surface area (Å²) in [5.74, 6) is -2.33. The van der Waals surface area contributed by atoms with Gasteiger partial charge in [-0.15, -0.1) is 23.5 Å². The van der Waals surface area contributed by atoms with E-state index in [1.54, 1.807) is 0 Å². The molecule has 2 fully saturated rings. The lowest BCUT2D eigenvalue weighted by Crippen LogP contribution is -2.68. The average molecular weight is 523 g/mol. The van der Waals surface area contributed by atoms with Gasteiger partial charge in [-0.2, -0.15) is 0 Å². The first-order valence-corrected chi connectivity index (χ1v) is 12.1. The second-order valence-corrected chi connectivity index (χ2v) is 9.74. The number of carbonyl (C=O) groups excluding carboxylic acids is 4. The van der Waals surface area contributed by atoms with Crippen molar-refractivity contribution in [3.63, 3.8) is 0 Å². The zero-order valence-electron chi connectivity index (χ0n) is 17.8. The number of hydrogen-bond acceptors (Lipinski definition) is 12. The third-order valence-corrected chi connectivity index (χ3v) is 8.31. The SMILES string of the molecule is [N-]=[N+]=NCC1=C(C(=O)OCOC(=O)C2=C(CN=[N+]=[N-])CS[C@@H]3[C@H](N)C(=O)N23)N2C(=O)[C@@H](N)[C@H]2SC1. The molecule has 0 saturated carbocycles. The van der Waals surface area contributed by atoms with E-state index in [4.69, 9.17) is 32.0 Å². The number of rotatable bonds is 8. The molecule has 0 bridgehead atoms. The number of carbonyl (C=O) groups is 4. The lowest BCUT2D eigenvalue weighted by Gasteiger charge is -2.48. The maximum absolute atomic E-state index is 12.8. The third kappa shape index (κ3) is 4.27. The minimum atomic E-state index is -0.964. The largest absolute Gasteiger partial charge is 0.423 e. The number of amides is 2. The first-order valence-electron chi connectivity index (χ1n) is 10.0. The van der Waals surface area contributed by atoms with Crippen LogP contribution < -0.4 is 11.5 Å². The van der Waals surface area contributed by atoms with Crippen LogP contribution in [0.25, 0.3) is 20.9 Å². The summed E-state index contributed by atoms with van der Waals surface area (Å²) in [6.45, 7) is -1.15. The van der Waals surface area contributed by atoms with Crippen molar-refractivity contribution < 1.29 is 28.7 Å². The number of esters is 2. The molecule has 4 aliphatic rings. The van der Waals surface area contributed by atoms with Gasteiger partial charge in [0, 0.05) is 21.3 Å². The van der Waals surface area contributed by atoms with Gasteiger partial charge in [-0.3, -0.25) is 19.4 Å². The molecule has 4 aliphatic heterocycles. The second-order valence-electron chi connectivity index (χ2n) is 7.53. The highest BCUT2D eigenvalue weighted by Crippen LogP contribution is 2.41. The van der Waals surface area contributed by atoms with E-state index in [-0.39, 0.29) is 36.0 Å². The van der Waals surface area contributed by atoms with E-state index in [0.29, 0.717) is 11.1 Å². The Hall–Kier alpha value is -3.40. The molecule has 184 valence electrons. The standard InChI is InChI=1S/C17H18N10O6S2/c18-8-12(28)26-10(6(1-22-24-20)3-34-14(8)26)16(30)32-5-33-17(31)11-7(2-23-25-21)4-35-15-9(19)13(29)27(11)15/h8-9,14-15H,1-5,18-19H2/t8-,9-,14-,15-/m1/s1.